The summed E-state index contributed by atoms with van der Waals surface area (Å²) in [6.45, 7) is 0. The number of halogens is 5. The van der Waals surface area contributed by atoms with Crippen LogP contribution in [0.5, 0.6) is 0 Å². The summed E-state index contributed by atoms with van der Waals surface area (Å²) in [5, 5.41) is 9.37. The van der Waals surface area contributed by atoms with E-state index in [2.05, 4.69) is 0 Å². The summed E-state index contributed by atoms with van der Waals surface area (Å²) < 4.78 is 23.5. The Morgan fingerprint density at radius 2 is 1.79 bits per heavy atom. The van der Waals surface area contributed by atoms with E-state index in [0.29, 0.717) is 6.07 Å². The van der Waals surface area contributed by atoms with E-state index in [4.69, 9.17) is 34.8 Å². The second-order valence-electron chi connectivity index (χ2n) is 2.61. The van der Waals surface area contributed by atoms with Gasteiger partial charge in [-0.3, -0.25) is 0 Å². The van der Waals surface area contributed by atoms with Gasteiger partial charge in [0.1, 0.15) is 17.7 Å². The van der Waals surface area contributed by atoms with Gasteiger partial charge < -0.3 is 5.11 Å². The Balaban J connectivity index is 3.08. The van der Waals surface area contributed by atoms with Crippen molar-refractivity contribution >= 4 is 34.8 Å². The third kappa shape index (κ3) is 2.70. The second-order valence-corrected chi connectivity index (χ2v) is 4.98. The average molecular weight is 261 g/mol. The molecule has 0 heterocycles. The van der Waals surface area contributed by atoms with Crippen LogP contribution in [0, 0.1) is 11.6 Å². The first kappa shape index (κ1) is 12.0. The van der Waals surface area contributed by atoms with Crippen molar-refractivity contribution in [2.45, 2.75) is 9.90 Å². The Labute approximate surface area is 94.2 Å². The lowest BCUT2D eigenvalue weighted by atomic mass is 10.1. The monoisotopic (exact) mass is 260 g/mol. The summed E-state index contributed by atoms with van der Waals surface area (Å²) in [6, 6.07) is 2.60. The van der Waals surface area contributed by atoms with Gasteiger partial charge in [0.05, 0.1) is 0 Å². The molecule has 0 amide bonds. The van der Waals surface area contributed by atoms with Crippen molar-refractivity contribution in [1.29, 1.82) is 0 Å². The van der Waals surface area contributed by atoms with Gasteiger partial charge in [-0.1, -0.05) is 40.9 Å². The van der Waals surface area contributed by atoms with Crippen molar-refractivity contribution in [3.8, 4) is 0 Å². The molecule has 0 radical (unpaired) electrons. The molecule has 1 rings (SSSR count). The van der Waals surface area contributed by atoms with Crippen molar-refractivity contribution in [3.05, 3.63) is 35.4 Å². The molecule has 1 atom stereocenters. The molecular formula is C8H5Cl3F2O. The highest BCUT2D eigenvalue weighted by molar-refractivity contribution is 6.68. The van der Waals surface area contributed by atoms with Crippen LogP contribution in [0.1, 0.15) is 11.7 Å². The van der Waals surface area contributed by atoms with Crippen LogP contribution in [0.3, 0.4) is 0 Å². The molecule has 14 heavy (non-hydrogen) atoms. The molecule has 0 saturated heterocycles. The number of aliphatic hydroxyl groups excluding tert-OH is 1. The summed E-state index contributed by atoms with van der Waals surface area (Å²) in [5.74, 6) is -1.72. The molecule has 1 aromatic rings. The molecule has 1 N–H and O–H groups in total. The number of rotatable bonds is 1. The topological polar surface area (TPSA) is 20.2 Å². The Bertz CT molecular complexity index is 338. The zero-order valence-corrected chi connectivity index (χ0v) is 8.91. The number of alkyl halides is 3. The average Bonchev–Trinajstić information content (AvgIpc) is 2.01. The van der Waals surface area contributed by atoms with Crippen molar-refractivity contribution in [2.24, 2.45) is 0 Å². The van der Waals surface area contributed by atoms with Crippen LogP contribution < -0.4 is 0 Å². The molecule has 0 spiro atoms. The molecule has 0 aromatic heterocycles. The minimum absolute atomic E-state index is 0.258. The molecule has 0 fully saturated rings. The van der Waals surface area contributed by atoms with Gasteiger partial charge in [0.2, 0.25) is 3.79 Å². The Kier molecular flexibility index (Phi) is 3.58. The van der Waals surface area contributed by atoms with E-state index in [0.717, 1.165) is 12.1 Å². The van der Waals surface area contributed by atoms with E-state index in [9.17, 15) is 13.9 Å². The van der Waals surface area contributed by atoms with Gasteiger partial charge in [0, 0.05) is 11.6 Å². The quantitative estimate of drug-likeness (QED) is 0.769. The van der Waals surface area contributed by atoms with E-state index in [1.54, 1.807) is 0 Å². The van der Waals surface area contributed by atoms with Crippen LogP contribution in [-0.2, 0) is 0 Å². The lowest BCUT2D eigenvalue weighted by molar-refractivity contribution is 0.177. The lowest BCUT2D eigenvalue weighted by Gasteiger charge is -2.19. The minimum atomic E-state index is -2.04. The molecule has 0 aliphatic heterocycles. The third-order valence-corrected chi connectivity index (χ3v) is 2.19. The highest BCUT2D eigenvalue weighted by Crippen LogP contribution is 2.40. The summed E-state index contributed by atoms with van der Waals surface area (Å²) in [6.07, 6.45) is -1.63. The first-order valence-electron chi connectivity index (χ1n) is 3.52. The van der Waals surface area contributed by atoms with E-state index in [-0.39, 0.29) is 5.56 Å². The minimum Gasteiger partial charge on any atom is -0.384 e. The highest BCUT2D eigenvalue weighted by atomic mass is 35.6. The first-order chi connectivity index (χ1) is 6.32. The maximum atomic E-state index is 13.1. The first-order valence-corrected chi connectivity index (χ1v) is 4.65. The Hall–Kier alpha value is -0.0900. The van der Waals surface area contributed by atoms with Crippen LogP contribution in [0.15, 0.2) is 18.2 Å². The zero-order chi connectivity index (χ0) is 10.9. The standard InChI is InChI=1S/C8H5Cl3F2O/c9-8(10,11)7(14)5-2-1-4(12)3-6(5)13/h1-3,7,14H. The summed E-state index contributed by atoms with van der Waals surface area (Å²) in [4.78, 5) is 0. The fraction of sp³-hybridized carbons (Fsp3) is 0.250. The van der Waals surface area contributed by atoms with E-state index in [1.807, 2.05) is 0 Å². The second kappa shape index (κ2) is 4.19. The molecule has 1 unspecified atom stereocenters. The predicted molar refractivity (Wildman–Crippen MR) is 51.6 cm³/mol. The largest absolute Gasteiger partial charge is 0.384 e. The zero-order valence-electron chi connectivity index (χ0n) is 6.65. The lowest BCUT2D eigenvalue weighted by Crippen LogP contribution is -2.17. The fourth-order valence-corrected chi connectivity index (χ4v) is 1.25. The van der Waals surface area contributed by atoms with Gasteiger partial charge in [-0.2, -0.15) is 0 Å². The van der Waals surface area contributed by atoms with E-state index >= 15 is 0 Å². The van der Waals surface area contributed by atoms with Crippen molar-refractivity contribution in [3.63, 3.8) is 0 Å². The van der Waals surface area contributed by atoms with Crippen LogP contribution >= 0.6 is 34.8 Å². The van der Waals surface area contributed by atoms with Crippen LogP contribution in [-0.4, -0.2) is 8.90 Å². The van der Waals surface area contributed by atoms with Crippen LogP contribution in [0.25, 0.3) is 0 Å². The SMILES string of the molecule is OC(c1ccc(F)cc1F)C(Cl)(Cl)Cl. The van der Waals surface area contributed by atoms with Crippen molar-refractivity contribution in [2.75, 3.05) is 0 Å². The summed E-state index contributed by atoms with van der Waals surface area (Å²) in [5.41, 5.74) is -0.258. The molecule has 78 valence electrons. The maximum Gasteiger partial charge on any atom is 0.220 e. The molecule has 0 bridgehead atoms. The molecule has 0 aliphatic rings. The van der Waals surface area contributed by atoms with Gasteiger partial charge in [0.25, 0.3) is 0 Å². The van der Waals surface area contributed by atoms with Gasteiger partial charge in [0.15, 0.2) is 0 Å². The van der Waals surface area contributed by atoms with Gasteiger partial charge in [-0.05, 0) is 6.07 Å². The molecular weight excluding hydrogens is 256 g/mol. The number of aliphatic hydroxyl groups is 1. The normalized spacial score (nSPS) is 14.1. The predicted octanol–water partition coefficient (Wildman–Crippen LogP) is 3.37. The van der Waals surface area contributed by atoms with Gasteiger partial charge >= 0.3 is 0 Å². The fourth-order valence-electron chi connectivity index (χ4n) is 0.900. The van der Waals surface area contributed by atoms with Gasteiger partial charge in [-0.25, -0.2) is 8.78 Å². The summed E-state index contributed by atoms with van der Waals surface area (Å²) >= 11 is 16.1. The summed E-state index contributed by atoms with van der Waals surface area (Å²) in [7, 11) is 0. The van der Waals surface area contributed by atoms with Crippen LogP contribution in [0.2, 0.25) is 0 Å². The third-order valence-electron chi connectivity index (χ3n) is 1.57. The molecule has 1 nitrogen and oxygen atoms in total. The number of benzene rings is 1. The van der Waals surface area contributed by atoms with Crippen molar-refractivity contribution in [1.82, 2.24) is 0 Å². The number of hydrogen-bond acceptors (Lipinski definition) is 1. The van der Waals surface area contributed by atoms with Gasteiger partial charge in [-0.15, -0.1) is 0 Å². The Morgan fingerprint density at radius 1 is 1.21 bits per heavy atom. The van der Waals surface area contributed by atoms with E-state index in [1.165, 1.54) is 0 Å². The van der Waals surface area contributed by atoms with E-state index < -0.39 is 21.5 Å². The van der Waals surface area contributed by atoms with Crippen LogP contribution in [0.4, 0.5) is 8.78 Å². The van der Waals surface area contributed by atoms with Crippen molar-refractivity contribution < 1.29 is 13.9 Å². The maximum absolute atomic E-state index is 13.1. The Morgan fingerprint density at radius 3 is 2.21 bits per heavy atom. The molecule has 0 saturated carbocycles. The number of hydrogen-bond donors (Lipinski definition) is 1. The molecule has 0 aliphatic carbocycles. The molecule has 1 aromatic carbocycles. The smallest absolute Gasteiger partial charge is 0.220 e. The molecule has 6 heteroatoms. The highest BCUT2D eigenvalue weighted by Gasteiger charge is 2.33.